The van der Waals surface area contributed by atoms with Crippen molar-refractivity contribution in [2.75, 3.05) is 6.61 Å². The minimum atomic E-state index is -0.394. The molecule has 1 aromatic rings. The summed E-state index contributed by atoms with van der Waals surface area (Å²) < 4.78 is 6.23. The molecule has 1 saturated heterocycles. The fourth-order valence-corrected chi connectivity index (χ4v) is 2.54. The summed E-state index contributed by atoms with van der Waals surface area (Å²) in [5.41, 5.74) is 1.11. The first-order valence-corrected chi connectivity index (χ1v) is 6.65. The molecule has 5 nitrogen and oxygen atoms in total. The summed E-state index contributed by atoms with van der Waals surface area (Å²) in [6.07, 6.45) is 1.23. The van der Waals surface area contributed by atoms with E-state index in [-0.39, 0.29) is 11.8 Å². The SMILES string of the molecule is CC1OCCC1NCc1ccc([N+](=O)[O-])cc1Br. The normalized spacial score (nSPS) is 23.2. The standard InChI is InChI=1S/C12H15BrN2O3/c1-8-12(4-5-18-8)14-7-9-2-3-10(15(16)17)6-11(9)13/h2-3,6,8,12,14H,4-5,7H2,1H3. The number of ether oxygens (including phenoxy) is 1. The molecule has 2 atom stereocenters. The van der Waals surface area contributed by atoms with Crippen LogP contribution in [0.5, 0.6) is 0 Å². The minimum absolute atomic E-state index is 0.100. The van der Waals surface area contributed by atoms with Crippen LogP contribution in [0.1, 0.15) is 18.9 Å². The Morgan fingerprint density at radius 1 is 1.61 bits per heavy atom. The number of hydrogen-bond acceptors (Lipinski definition) is 4. The summed E-state index contributed by atoms with van der Waals surface area (Å²) in [6, 6.07) is 5.18. The third-order valence-electron chi connectivity index (χ3n) is 3.18. The minimum Gasteiger partial charge on any atom is -0.377 e. The molecule has 1 aromatic carbocycles. The van der Waals surface area contributed by atoms with Crippen LogP contribution in [0, 0.1) is 10.1 Å². The molecule has 2 rings (SSSR count). The van der Waals surface area contributed by atoms with Crippen molar-refractivity contribution in [1.29, 1.82) is 0 Å². The van der Waals surface area contributed by atoms with E-state index in [2.05, 4.69) is 28.2 Å². The number of nitro benzene ring substituents is 1. The maximum atomic E-state index is 10.6. The Bertz CT molecular complexity index is 453. The molecule has 1 heterocycles. The first-order chi connectivity index (χ1) is 8.58. The number of non-ortho nitro benzene ring substituents is 1. The Morgan fingerprint density at radius 2 is 2.39 bits per heavy atom. The molecule has 0 bridgehead atoms. The van der Waals surface area contributed by atoms with Crippen molar-refractivity contribution in [2.24, 2.45) is 0 Å². The number of hydrogen-bond donors (Lipinski definition) is 1. The van der Waals surface area contributed by atoms with Crippen LogP contribution in [0.3, 0.4) is 0 Å². The average Bonchev–Trinajstić information content (AvgIpc) is 2.73. The van der Waals surface area contributed by atoms with E-state index in [9.17, 15) is 10.1 Å². The summed E-state index contributed by atoms with van der Waals surface area (Å²) in [5.74, 6) is 0. The largest absolute Gasteiger partial charge is 0.377 e. The van der Waals surface area contributed by atoms with E-state index in [1.165, 1.54) is 12.1 Å². The molecule has 6 heteroatoms. The van der Waals surface area contributed by atoms with Crippen molar-refractivity contribution in [3.05, 3.63) is 38.3 Å². The number of nitrogens with one attached hydrogen (secondary N) is 1. The molecule has 1 aliphatic rings. The fraction of sp³-hybridized carbons (Fsp3) is 0.500. The van der Waals surface area contributed by atoms with Crippen molar-refractivity contribution in [1.82, 2.24) is 5.32 Å². The van der Waals surface area contributed by atoms with Crippen molar-refractivity contribution >= 4 is 21.6 Å². The van der Waals surface area contributed by atoms with E-state index in [1.54, 1.807) is 6.07 Å². The van der Waals surface area contributed by atoms with Gasteiger partial charge in [0.15, 0.2) is 0 Å². The highest BCUT2D eigenvalue weighted by Crippen LogP contribution is 2.23. The monoisotopic (exact) mass is 314 g/mol. The van der Waals surface area contributed by atoms with Gasteiger partial charge in [-0.25, -0.2) is 0 Å². The molecule has 1 fully saturated rings. The van der Waals surface area contributed by atoms with Crippen molar-refractivity contribution in [3.63, 3.8) is 0 Å². The van der Waals surface area contributed by atoms with Crippen LogP contribution < -0.4 is 5.32 Å². The Labute approximate surface area is 114 Å². The zero-order chi connectivity index (χ0) is 13.1. The molecule has 0 aliphatic carbocycles. The Morgan fingerprint density at radius 3 is 2.94 bits per heavy atom. The average molecular weight is 315 g/mol. The zero-order valence-electron chi connectivity index (χ0n) is 10.1. The molecule has 0 amide bonds. The lowest BCUT2D eigenvalue weighted by Crippen LogP contribution is -2.34. The Balaban J connectivity index is 1.99. The second-order valence-electron chi connectivity index (χ2n) is 4.38. The Hall–Kier alpha value is -0.980. The Kier molecular flexibility index (Phi) is 4.31. The van der Waals surface area contributed by atoms with E-state index >= 15 is 0 Å². The van der Waals surface area contributed by atoms with Crippen LogP contribution in [0.25, 0.3) is 0 Å². The van der Waals surface area contributed by atoms with E-state index in [0.717, 1.165) is 23.1 Å². The van der Waals surface area contributed by atoms with Crippen LogP contribution in [-0.4, -0.2) is 23.7 Å². The molecular weight excluding hydrogens is 300 g/mol. The molecule has 0 radical (unpaired) electrons. The summed E-state index contributed by atoms with van der Waals surface area (Å²) in [6.45, 7) is 3.52. The number of rotatable bonds is 4. The van der Waals surface area contributed by atoms with Crippen molar-refractivity contribution in [2.45, 2.75) is 32.0 Å². The molecule has 2 unspecified atom stereocenters. The highest BCUT2D eigenvalue weighted by molar-refractivity contribution is 9.10. The molecule has 0 aromatic heterocycles. The maximum absolute atomic E-state index is 10.6. The van der Waals surface area contributed by atoms with Gasteiger partial charge in [0, 0.05) is 35.8 Å². The number of nitrogens with zero attached hydrogens (tertiary/aromatic N) is 1. The maximum Gasteiger partial charge on any atom is 0.270 e. The number of benzene rings is 1. The summed E-state index contributed by atoms with van der Waals surface area (Å²) in [5, 5.41) is 14.0. The van der Waals surface area contributed by atoms with E-state index in [1.807, 2.05) is 0 Å². The summed E-state index contributed by atoms with van der Waals surface area (Å²) in [7, 11) is 0. The van der Waals surface area contributed by atoms with Gasteiger partial charge in [-0.2, -0.15) is 0 Å². The lowest BCUT2D eigenvalue weighted by atomic mass is 10.1. The molecule has 0 saturated carbocycles. The van der Waals surface area contributed by atoms with Crippen LogP contribution in [0.2, 0.25) is 0 Å². The lowest BCUT2D eigenvalue weighted by molar-refractivity contribution is -0.384. The molecule has 1 N–H and O–H groups in total. The van der Waals surface area contributed by atoms with E-state index in [4.69, 9.17) is 4.74 Å². The lowest BCUT2D eigenvalue weighted by Gasteiger charge is -2.16. The van der Waals surface area contributed by atoms with Crippen LogP contribution in [0.4, 0.5) is 5.69 Å². The van der Waals surface area contributed by atoms with Gasteiger partial charge >= 0.3 is 0 Å². The number of nitro groups is 1. The highest BCUT2D eigenvalue weighted by atomic mass is 79.9. The fourth-order valence-electron chi connectivity index (χ4n) is 2.03. The molecule has 1 aliphatic heterocycles. The zero-order valence-corrected chi connectivity index (χ0v) is 11.6. The van der Waals surface area contributed by atoms with Gasteiger partial charge in [0.1, 0.15) is 0 Å². The van der Waals surface area contributed by atoms with Gasteiger partial charge in [-0.1, -0.05) is 15.9 Å². The van der Waals surface area contributed by atoms with Crippen molar-refractivity contribution < 1.29 is 9.66 Å². The van der Waals surface area contributed by atoms with Crippen LogP contribution >= 0.6 is 15.9 Å². The second-order valence-corrected chi connectivity index (χ2v) is 5.24. The van der Waals surface area contributed by atoms with Gasteiger partial charge in [0.2, 0.25) is 0 Å². The van der Waals surface area contributed by atoms with Gasteiger partial charge < -0.3 is 10.1 Å². The molecule has 0 spiro atoms. The quantitative estimate of drug-likeness (QED) is 0.685. The molecule has 18 heavy (non-hydrogen) atoms. The van der Waals surface area contributed by atoms with Gasteiger partial charge in [0.25, 0.3) is 5.69 Å². The van der Waals surface area contributed by atoms with Crippen molar-refractivity contribution in [3.8, 4) is 0 Å². The van der Waals surface area contributed by atoms with E-state index < -0.39 is 4.92 Å². The van der Waals surface area contributed by atoms with Gasteiger partial charge in [-0.3, -0.25) is 10.1 Å². The predicted octanol–water partition coefficient (Wildman–Crippen LogP) is 2.62. The summed E-state index contributed by atoms with van der Waals surface area (Å²) in [4.78, 5) is 10.2. The predicted molar refractivity (Wildman–Crippen MR) is 71.5 cm³/mol. The summed E-state index contributed by atoms with van der Waals surface area (Å²) >= 11 is 3.36. The van der Waals surface area contributed by atoms with Crippen LogP contribution in [0.15, 0.2) is 22.7 Å². The van der Waals surface area contributed by atoms with Gasteiger partial charge in [-0.15, -0.1) is 0 Å². The topological polar surface area (TPSA) is 64.4 Å². The van der Waals surface area contributed by atoms with E-state index in [0.29, 0.717) is 12.6 Å². The first kappa shape index (κ1) is 13.5. The van der Waals surface area contributed by atoms with Gasteiger partial charge in [0.05, 0.1) is 11.0 Å². The third-order valence-corrected chi connectivity index (χ3v) is 3.92. The smallest absolute Gasteiger partial charge is 0.270 e. The highest BCUT2D eigenvalue weighted by Gasteiger charge is 2.23. The third kappa shape index (κ3) is 3.07. The molecular formula is C12H15BrN2O3. The van der Waals surface area contributed by atoms with Crippen LogP contribution in [-0.2, 0) is 11.3 Å². The second kappa shape index (κ2) is 5.77. The number of halogens is 1. The first-order valence-electron chi connectivity index (χ1n) is 5.85. The molecule has 98 valence electrons. The van der Waals surface area contributed by atoms with Gasteiger partial charge in [-0.05, 0) is 25.0 Å².